The van der Waals surface area contributed by atoms with Crippen LogP contribution in [0.5, 0.6) is 0 Å². The quantitative estimate of drug-likeness (QED) is 0.770. The first-order valence-electron chi connectivity index (χ1n) is 5.53. The van der Waals surface area contributed by atoms with Crippen molar-refractivity contribution in [3.05, 3.63) is 53.2 Å². The first kappa shape index (κ1) is 11.7. The van der Waals surface area contributed by atoms with Gasteiger partial charge in [-0.1, -0.05) is 17.7 Å². The van der Waals surface area contributed by atoms with E-state index in [4.69, 9.17) is 21.1 Å². The van der Waals surface area contributed by atoms with Crippen LogP contribution in [0.25, 0.3) is 22.4 Å². The number of furan rings is 1. The smallest absolute Gasteiger partial charge is 0.335 e. The minimum Gasteiger partial charge on any atom is -0.478 e. The Morgan fingerprint density at radius 2 is 2.11 bits per heavy atom. The van der Waals surface area contributed by atoms with E-state index >= 15 is 0 Å². The summed E-state index contributed by atoms with van der Waals surface area (Å²) in [5.41, 5.74) is 1.27. The summed E-state index contributed by atoms with van der Waals surface area (Å²) in [4.78, 5) is 15.0. The Hall–Kier alpha value is -2.33. The Labute approximate surface area is 113 Å². The van der Waals surface area contributed by atoms with E-state index in [9.17, 15) is 4.79 Å². The summed E-state index contributed by atoms with van der Waals surface area (Å²) in [6.45, 7) is 0. The lowest BCUT2D eigenvalue weighted by Gasteiger charge is -1.97. The molecule has 0 aliphatic carbocycles. The van der Waals surface area contributed by atoms with Crippen LogP contribution in [0, 0.1) is 0 Å². The SMILES string of the molecule is O=C(O)c1ccnc(-c2cc3c(Cl)cccc3o2)c1. The van der Waals surface area contributed by atoms with E-state index in [1.165, 1.54) is 18.3 Å². The van der Waals surface area contributed by atoms with Crippen molar-refractivity contribution >= 4 is 28.5 Å². The summed E-state index contributed by atoms with van der Waals surface area (Å²) < 4.78 is 5.63. The van der Waals surface area contributed by atoms with Gasteiger partial charge in [0.2, 0.25) is 0 Å². The highest BCUT2D eigenvalue weighted by Crippen LogP contribution is 2.31. The van der Waals surface area contributed by atoms with Crippen molar-refractivity contribution in [2.45, 2.75) is 0 Å². The van der Waals surface area contributed by atoms with Gasteiger partial charge in [-0.15, -0.1) is 0 Å². The van der Waals surface area contributed by atoms with Gasteiger partial charge in [-0.2, -0.15) is 0 Å². The molecule has 3 aromatic rings. The number of pyridine rings is 1. The second-order valence-electron chi connectivity index (χ2n) is 4.00. The Kier molecular flexibility index (Phi) is 2.72. The molecule has 0 aliphatic rings. The molecular weight excluding hydrogens is 266 g/mol. The molecule has 3 rings (SSSR count). The van der Waals surface area contributed by atoms with Gasteiger partial charge >= 0.3 is 5.97 Å². The number of hydrogen-bond acceptors (Lipinski definition) is 3. The molecule has 19 heavy (non-hydrogen) atoms. The first-order chi connectivity index (χ1) is 9.15. The summed E-state index contributed by atoms with van der Waals surface area (Å²) in [6, 6.07) is 10.0. The molecular formula is C14H8ClNO3. The molecule has 0 aliphatic heterocycles. The Morgan fingerprint density at radius 1 is 1.26 bits per heavy atom. The number of carboxylic acid groups (broad SMARTS) is 1. The molecule has 2 heterocycles. The van der Waals surface area contributed by atoms with Crippen molar-refractivity contribution in [2.24, 2.45) is 0 Å². The molecule has 0 radical (unpaired) electrons. The van der Waals surface area contributed by atoms with E-state index in [2.05, 4.69) is 4.98 Å². The van der Waals surface area contributed by atoms with Crippen molar-refractivity contribution in [3.63, 3.8) is 0 Å². The van der Waals surface area contributed by atoms with E-state index in [0.717, 1.165) is 5.39 Å². The summed E-state index contributed by atoms with van der Waals surface area (Å²) in [5, 5.41) is 10.3. The maximum atomic E-state index is 10.9. The summed E-state index contributed by atoms with van der Waals surface area (Å²) in [7, 11) is 0. The van der Waals surface area contributed by atoms with Crippen LogP contribution < -0.4 is 0 Å². The van der Waals surface area contributed by atoms with E-state index in [1.807, 2.05) is 0 Å². The molecule has 2 aromatic heterocycles. The molecule has 0 saturated heterocycles. The van der Waals surface area contributed by atoms with Gasteiger partial charge in [0.1, 0.15) is 11.3 Å². The zero-order chi connectivity index (χ0) is 13.4. The van der Waals surface area contributed by atoms with Crippen LogP contribution >= 0.6 is 11.6 Å². The Bertz CT molecular complexity index is 779. The van der Waals surface area contributed by atoms with Crippen LogP contribution in [0.2, 0.25) is 5.02 Å². The minimum absolute atomic E-state index is 0.163. The zero-order valence-corrected chi connectivity index (χ0v) is 10.4. The fourth-order valence-electron chi connectivity index (χ4n) is 1.85. The molecule has 0 unspecified atom stereocenters. The van der Waals surface area contributed by atoms with E-state index in [1.54, 1.807) is 24.3 Å². The average Bonchev–Trinajstić information content (AvgIpc) is 2.84. The number of nitrogens with zero attached hydrogens (tertiary/aromatic N) is 1. The van der Waals surface area contributed by atoms with Crippen LogP contribution in [0.15, 0.2) is 47.0 Å². The van der Waals surface area contributed by atoms with Crippen LogP contribution in [0.1, 0.15) is 10.4 Å². The van der Waals surface area contributed by atoms with Crippen molar-refractivity contribution < 1.29 is 14.3 Å². The molecule has 0 fully saturated rings. The molecule has 94 valence electrons. The second kappa shape index (κ2) is 4.40. The average molecular weight is 274 g/mol. The topological polar surface area (TPSA) is 63.3 Å². The zero-order valence-electron chi connectivity index (χ0n) is 9.63. The van der Waals surface area contributed by atoms with Crippen molar-refractivity contribution in [3.8, 4) is 11.5 Å². The highest BCUT2D eigenvalue weighted by molar-refractivity contribution is 6.35. The predicted molar refractivity (Wildman–Crippen MR) is 71.4 cm³/mol. The lowest BCUT2D eigenvalue weighted by atomic mass is 10.2. The molecule has 0 spiro atoms. The maximum Gasteiger partial charge on any atom is 0.335 e. The van der Waals surface area contributed by atoms with Gasteiger partial charge in [0, 0.05) is 11.6 Å². The summed E-state index contributed by atoms with van der Waals surface area (Å²) >= 11 is 6.07. The lowest BCUT2D eigenvalue weighted by Crippen LogP contribution is -1.96. The van der Waals surface area contributed by atoms with Crippen LogP contribution in [0.3, 0.4) is 0 Å². The van der Waals surface area contributed by atoms with Crippen molar-refractivity contribution in [1.82, 2.24) is 4.98 Å². The van der Waals surface area contributed by atoms with Crippen molar-refractivity contribution in [2.75, 3.05) is 0 Å². The van der Waals surface area contributed by atoms with Gasteiger partial charge < -0.3 is 9.52 Å². The molecule has 4 nitrogen and oxygen atoms in total. The first-order valence-corrected chi connectivity index (χ1v) is 5.91. The highest BCUT2D eigenvalue weighted by atomic mass is 35.5. The van der Waals surface area contributed by atoms with Crippen molar-refractivity contribution in [1.29, 1.82) is 0 Å². The summed E-state index contributed by atoms with van der Waals surface area (Å²) in [5.74, 6) is -0.510. The largest absolute Gasteiger partial charge is 0.478 e. The lowest BCUT2D eigenvalue weighted by molar-refractivity contribution is 0.0697. The number of aromatic nitrogens is 1. The van der Waals surface area contributed by atoms with Crippen LogP contribution in [0.4, 0.5) is 0 Å². The highest BCUT2D eigenvalue weighted by Gasteiger charge is 2.11. The third kappa shape index (κ3) is 2.06. The third-order valence-electron chi connectivity index (χ3n) is 2.77. The van der Waals surface area contributed by atoms with Gasteiger partial charge in [0.05, 0.1) is 10.6 Å². The van der Waals surface area contributed by atoms with Crippen LogP contribution in [-0.2, 0) is 0 Å². The molecule has 0 saturated carbocycles. The molecule has 0 amide bonds. The molecule has 1 N–H and O–H groups in total. The fraction of sp³-hybridized carbons (Fsp3) is 0. The van der Waals surface area contributed by atoms with Crippen LogP contribution in [-0.4, -0.2) is 16.1 Å². The number of fused-ring (bicyclic) bond motifs is 1. The number of hydrogen-bond donors (Lipinski definition) is 1. The second-order valence-corrected chi connectivity index (χ2v) is 4.40. The van der Waals surface area contributed by atoms with Gasteiger partial charge in [0.15, 0.2) is 5.76 Å². The number of aromatic carboxylic acids is 1. The Balaban J connectivity index is 2.16. The summed E-state index contributed by atoms with van der Waals surface area (Å²) in [6.07, 6.45) is 1.44. The molecule has 0 bridgehead atoms. The van der Waals surface area contributed by atoms with E-state index < -0.39 is 5.97 Å². The monoisotopic (exact) mass is 273 g/mol. The maximum absolute atomic E-state index is 10.9. The van der Waals surface area contributed by atoms with E-state index in [0.29, 0.717) is 22.1 Å². The van der Waals surface area contributed by atoms with Gasteiger partial charge in [-0.25, -0.2) is 4.79 Å². The minimum atomic E-state index is -1.00. The third-order valence-corrected chi connectivity index (χ3v) is 3.10. The van der Waals surface area contributed by atoms with Gasteiger partial charge in [-0.3, -0.25) is 4.98 Å². The Morgan fingerprint density at radius 3 is 2.84 bits per heavy atom. The van der Waals surface area contributed by atoms with E-state index in [-0.39, 0.29) is 5.56 Å². The number of carbonyl (C=O) groups is 1. The molecule has 1 aromatic carbocycles. The number of carboxylic acids is 1. The standard InChI is InChI=1S/C14H8ClNO3/c15-10-2-1-3-12-9(10)7-13(19-12)11-6-8(14(17)18)4-5-16-11/h1-7H,(H,17,18). The number of benzene rings is 1. The molecule has 5 heteroatoms. The fourth-order valence-corrected chi connectivity index (χ4v) is 2.07. The predicted octanol–water partition coefficient (Wildman–Crippen LogP) is 3.85. The molecule has 0 atom stereocenters. The number of halogens is 1. The number of rotatable bonds is 2. The normalized spacial score (nSPS) is 10.8. The van der Waals surface area contributed by atoms with Gasteiger partial charge in [-0.05, 0) is 30.3 Å². The van der Waals surface area contributed by atoms with Gasteiger partial charge in [0.25, 0.3) is 0 Å².